The quantitative estimate of drug-likeness (QED) is 0.926. The highest BCUT2D eigenvalue weighted by Gasteiger charge is 2.05. The standard InChI is InChI=1S/C11H10Cl2N4/c1-2-7-5-3-4-6-8(7)14-11-16-9(12)15-10(13)17-11/h3-6H,2H2,1H3,(H,14,15,16,17). The molecule has 0 fully saturated rings. The first-order valence-corrected chi connectivity index (χ1v) is 5.86. The molecule has 6 heteroatoms. The molecule has 4 nitrogen and oxygen atoms in total. The summed E-state index contributed by atoms with van der Waals surface area (Å²) >= 11 is 11.4. The molecule has 0 unspecified atom stereocenters. The van der Waals surface area contributed by atoms with Crippen molar-refractivity contribution in [3.63, 3.8) is 0 Å². The minimum atomic E-state index is 0.0708. The highest BCUT2D eigenvalue weighted by atomic mass is 35.5. The van der Waals surface area contributed by atoms with Crippen molar-refractivity contribution in [1.82, 2.24) is 15.0 Å². The Labute approximate surface area is 109 Å². The van der Waals surface area contributed by atoms with Gasteiger partial charge >= 0.3 is 0 Å². The zero-order valence-electron chi connectivity index (χ0n) is 9.11. The fourth-order valence-electron chi connectivity index (χ4n) is 1.45. The Balaban J connectivity index is 2.31. The van der Waals surface area contributed by atoms with E-state index in [9.17, 15) is 0 Å². The van der Waals surface area contributed by atoms with Crippen LogP contribution >= 0.6 is 23.2 Å². The number of hydrogen-bond donors (Lipinski definition) is 1. The van der Waals surface area contributed by atoms with Crippen LogP contribution in [0.25, 0.3) is 0 Å². The summed E-state index contributed by atoms with van der Waals surface area (Å²) in [5.74, 6) is 0.343. The number of rotatable bonds is 3. The molecule has 0 aliphatic rings. The third-order valence-corrected chi connectivity index (χ3v) is 2.56. The van der Waals surface area contributed by atoms with Gasteiger partial charge in [0.15, 0.2) is 0 Å². The molecule has 2 rings (SSSR count). The lowest BCUT2D eigenvalue weighted by atomic mass is 10.1. The maximum absolute atomic E-state index is 5.70. The molecule has 1 aromatic carbocycles. The van der Waals surface area contributed by atoms with Crippen molar-refractivity contribution in [3.05, 3.63) is 40.4 Å². The lowest BCUT2D eigenvalue weighted by molar-refractivity contribution is 1.05. The van der Waals surface area contributed by atoms with Crippen LogP contribution in [0.15, 0.2) is 24.3 Å². The Hall–Kier alpha value is -1.39. The van der Waals surface area contributed by atoms with Gasteiger partial charge in [0.2, 0.25) is 16.5 Å². The van der Waals surface area contributed by atoms with E-state index in [1.165, 1.54) is 5.56 Å². The molecule has 0 saturated carbocycles. The van der Waals surface area contributed by atoms with E-state index < -0.39 is 0 Å². The summed E-state index contributed by atoms with van der Waals surface area (Å²) < 4.78 is 0. The van der Waals surface area contributed by atoms with E-state index in [0.29, 0.717) is 5.95 Å². The van der Waals surface area contributed by atoms with Gasteiger partial charge in [-0.25, -0.2) is 0 Å². The second-order valence-electron chi connectivity index (χ2n) is 3.33. The number of halogens is 2. The van der Waals surface area contributed by atoms with Crippen molar-refractivity contribution in [2.24, 2.45) is 0 Å². The molecule has 2 aromatic rings. The fourth-order valence-corrected chi connectivity index (χ4v) is 1.82. The van der Waals surface area contributed by atoms with Gasteiger partial charge in [0.25, 0.3) is 0 Å². The minimum absolute atomic E-state index is 0.0708. The summed E-state index contributed by atoms with van der Waals surface area (Å²) in [6.07, 6.45) is 0.912. The van der Waals surface area contributed by atoms with Gasteiger partial charge in [-0.05, 0) is 41.3 Å². The first-order chi connectivity index (χ1) is 8.19. The maximum atomic E-state index is 5.70. The number of aromatic nitrogens is 3. The van der Waals surface area contributed by atoms with E-state index in [1.807, 2.05) is 24.3 Å². The number of benzene rings is 1. The number of aryl methyl sites for hydroxylation is 1. The average Bonchev–Trinajstić information content (AvgIpc) is 2.28. The summed E-state index contributed by atoms with van der Waals surface area (Å²) in [5, 5.41) is 3.22. The van der Waals surface area contributed by atoms with Gasteiger partial charge in [-0.1, -0.05) is 25.1 Å². The zero-order chi connectivity index (χ0) is 12.3. The monoisotopic (exact) mass is 268 g/mol. The molecule has 0 aliphatic heterocycles. The Bertz CT molecular complexity index is 510. The molecule has 0 radical (unpaired) electrons. The van der Waals surface area contributed by atoms with E-state index in [4.69, 9.17) is 23.2 Å². The van der Waals surface area contributed by atoms with Crippen LogP contribution in [0.5, 0.6) is 0 Å². The minimum Gasteiger partial charge on any atom is -0.324 e. The van der Waals surface area contributed by atoms with Crippen LogP contribution in [-0.4, -0.2) is 15.0 Å². The summed E-state index contributed by atoms with van der Waals surface area (Å²) in [7, 11) is 0. The molecular formula is C11H10Cl2N4. The first kappa shape index (κ1) is 12.1. The number of para-hydroxylation sites is 1. The topological polar surface area (TPSA) is 50.7 Å². The van der Waals surface area contributed by atoms with Gasteiger partial charge in [0.1, 0.15) is 0 Å². The van der Waals surface area contributed by atoms with Gasteiger partial charge in [-0.15, -0.1) is 0 Å². The molecular weight excluding hydrogens is 259 g/mol. The highest BCUT2D eigenvalue weighted by molar-refractivity contribution is 6.31. The van der Waals surface area contributed by atoms with Crippen molar-refractivity contribution in [1.29, 1.82) is 0 Å². The molecule has 0 aliphatic carbocycles. The summed E-state index contributed by atoms with van der Waals surface area (Å²) in [6.45, 7) is 2.08. The van der Waals surface area contributed by atoms with Crippen LogP contribution in [0, 0.1) is 0 Å². The lowest BCUT2D eigenvalue weighted by Gasteiger charge is -2.09. The largest absolute Gasteiger partial charge is 0.324 e. The van der Waals surface area contributed by atoms with Gasteiger partial charge in [-0.3, -0.25) is 0 Å². The SMILES string of the molecule is CCc1ccccc1Nc1nc(Cl)nc(Cl)n1. The maximum Gasteiger partial charge on any atom is 0.232 e. The molecule has 1 heterocycles. The second-order valence-corrected chi connectivity index (χ2v) is 4.01. The van der Waals surface area contributed by atoms with Crippen molar-refractivity contribution < 1.29 is 0 Å². The number of nitrogens with one attached hydrogen (secondary N) is 1. The van der Waals surface area contributed by atoms with E-state index in [0.717, 1.165) is 12.1 Å². The Kier molecular flexibility index (Phi) is 3.76. The molecule has 1 aromatic heterocycles. The summed E-state index contributed by atoms with van der Waals surface area (Å²) in [5.41, 5.74) is 2.11. The van der Waals surface area contributed by atoms with Crippen molar-refractivity contribution in [2.75, 3.05) is 5.32 Å². The van der Waals surface area contributed by atoms with Crippen molar-refractivity contribution in [2.45, 2.75) is 13.3 Å². The smallest absolute Gasteiger partial charge is 0.232 e. The van der Waals surface area contributed by atoms with Crippen LogP contribution < -0.4 is 5.32 Å². The molecule has 0 atom stereocenters. The van der Waals surface area contributed by atoms with E-state index in [-0.39, 0.29) is 10.6 Å². The Morgan fingerprint density at radius 1 is 1.06 bits per heavy atom. The highest BCUT2D eigenvalue weighted by Crippen LogP contribution is 2.20. The van der Waals surface area contributed by atoms with Crippen LogP contribution in [0.4, 0.5) is 11.6 Å². The van der Waals surface area contributed by atoms with Gasteiger partial charge in [-0.2, -0.15) is 15.0 Å². The third-order valence-electron chi connectivity index (χ3n) is 2.23. The summed E-state index contributed by atoms with van der Waals surface area (Å²) in [6, 6.07) is 7.90. The van der Waals surface area contributed by atoms with Gasteiger partial charge < -0.3 is 5.32 Å². The third kappa shape index (κ3) is 3.05. The molecule has 0 bridgehead atoms. The number of anilines is 2. The number of hydrogen-bond acceptors (Lipinski definition) is 4. The van der Waals surface area contributed by atoms with Gasteiger partial charge in [0, 0.05) is 5.69 Å². The molecule has 88 valence electrons. The molecule has 0 saturated heterocycles. The van der Waals surface area contributed by atoms with E-state index >= 15 is 0 Å². The molecule has 1 N–H and O–H groups in total. The first-order valence-electron chi connectivity index (χ1n) is 5.11. The van der Waals surface area contributed by atoms with Crippen molar-refractivity contribution in [3.8, 4) is 0 Å². The van der Waals surface area contributed by atoms with E-state index in [2.05, 4.69) is 27.2 Å². The van der Waals surface area contributed by atoms with Crippen molar-refractivity contribution >= 4 is 34.8 Å². The van der Waals surface area contributed by atoms with Crippen LogP contribution in [0.3, 0.4) is 0 Å². The fraction of sp³-hybridized carbons (Fsp3) is 0.182. The van der Waals surface area contributed by atoms with Crippen LogP contribution in [-0.2, 0) is 6.42 Å². The zero-order valence-corrected chi connectivity index (χ0v) is 10.6. The number of nitrogens with zero attached hydrogens (tertiary/aromatic N) is 3. The van der Waals surface area contributed by atoms with Crippen LogP contribution in [0.2, 0.25) is 10.6 Å². The van der Waals surface area contributed by atoms with Crippen LogP contribution in [0.1, 0.15) is 12.5 Å². The molecule has 17 heavy (non-hydrogen) atoms. The predicted octanol–water partition coefficient (Wildman–Crippen LogP) is 3.48. The lowest BCUT2D eigenvalue weighted by Crippen LogP contribution is -2.01. The van der Waals surface area contributed by atoms with Gasteiger partial charge in [0.05, 0.1) is 0 Å². The predicted molar refractivity (Wildman–Crippen MR) is 68.9 cm³/mol. The Morgan fingerprint density at radius 3 is 2.35 bits per heavy atom. The second kappa shape index (κ2) is 5.29. The summed E-state index contributed by atoms with van der Waals surface area (Å²) in [4.78, 5) is 11.6. The normalized spacial score (nSPS) is 10.3. The average molecular weight is 269 g/mol. The molecule has 0 spiro atoms. The molecule has 0 amide bonds. The Morgan fingerprint density at radius 2 is 1.71 bits per heavy atom. The van der Waals surface area contributed by atoms with E-state index in [1.54, 1.807) is 0 Å².